The number of amides is 2. The molecule has 1 aromatic heterocycles. The Kier molecular flexibility index (Phi) is 10.2. The van der Waals surface area contributed by atoms with E-state index in [4.69, 9.17) is 4.74 Å². The molecule has 1 unspecified atom stereocenters. The molecule has 3 N–H and O–H groups in total. The largest absolute Gasteiger partial charge is 0.507 e. The minimum absolute atomic E-state index is 0.0223. The fourth-order valence-corrected chi connectivity index (χ4v) is 7.70. The number of β-lactam (4-membered cyclic amide) rings is 1. The number of nitrogens with zero attached hydrogens (tertiary/aromatic N) is 1. The second-order valence-electron chi connectivity index (χ2n) is 12.7. The molecule has 1 aliphatic carbocycles. The zero-order valence-electron chi connectivity index (χ0n) is 26.4. The minimum atomic E-state index is -1.19. The van der Waals surface area contributed by atoms with Crippen LogP contribution in [0.5, 0.6) is 11.5 Å². The fraction of sp³-hybridized carbons (Fsp3) is 0.472. The van der Waals surface area contributed by atoms with Crippen LogP contribution in [0.1, 0.15) is 87.6 Å². The molecule has 8 nitrogen and oxygen atoms in total. The Morgan fingerprint density at radius 1 is 1.20 bits per heavy atom. The number of benzene rings is 1. The molecule has 3 heterocycles. The van der Waals surface area contributed by atoms with E-state index >= 15 is 0 Å². The number of aliphatic carboxylic acids is 1. The highest BCUT2D eigenvalue weighted by atomic mass is 32.1. The first-order valence-corrected chi connectivity index (χ1v) is 16.9. The number of unbranched alkanes of at least 4 members (excludes halogenated alkanes) is 2. The summed E-state index contributed by atoms with van der Waals surface area (Å²) in [5.74, 6) is -1.13. The van der Waals surface area contributed by atoms with E-state index in [1.165, 1.54) is 21.8 Å². The van der Waals surface area contributed by atoms with Crippen LogP contribution < -0.4 is 10.1 Å². The summed E-state index contributed by atoms with van der Waals surface area (Å²) in [7, 11) is 0. The lowest BCUT2D eigenvalue weighted by molar-refractivity contribution is -0.156. The first-order chi connectivity index (χ1) is 21.6. The highest BCUT2D eigenvalue weighted by molar-refractivity contribution is 7.10. The number of aryl methyl sites for hydroxylation is 1. The molecule has 0 radical (unpaired) electrons. The summed E-state index contributed by atoms with van der Waals surface area (Å²) in [6.45, 7) is 10.5. The van der Waals surface area contributed by atoms with Gasteiger partial charge in [-0.2, -0.15) is 0 Å². The van der Waals surface area contributed by atoms with Gasteiger partial charge in [0.2, 0.25) is 5.91 Å². The van der Waals surface area contributed by atoms with Gasteiger partial charge in [0.1, 0.15) is 29.8 Å². The number of carbonyl (C=O) groups is 3. The number of phenols is 1. The predicted octanol–water partition coefficient (Wildman–Crippen LogP) is 6.65. The number of rotatable bonds is 13. The number of carbonyl (C=O) groups excluding carboxylic acids is 2. The molecule has 5 rings (SSSR count). The second-order valence-corrected chi connectivity index (χ2v) is 13.7. The maximum Gasteiger partial charge on any atom is 0.352 e. The molecule has 0 saturated carbocycles. The average molecular weight is 633 g/mol. The van der Waals surface area contributed by atoms with E-state index in [1.807, 2.05) is 36.6 Å². The van der Waals surface area contributed by atoms with Crippen LogP contribution in [0.2, 0.25) is 0 Å². The number of hydrogen-bond donors (Lipinski definition) is 3. The van der Waals surface area contributed by atoms with Crippen molar-refractivity contribution in [1.29, 1.82) is 0 Å². The lowest BCUT2D eigenvalue weighted by Crippen LogP contribution is -2.71. The smallest absolute Gasteiger partial charge is 0.352 e. The summed E-state index contributed by atoms with van der Waals surface area (Å²) in [5, 5.41) is 26.4. The van der Waals surface area contributed by atoms with Crippen molar-refractivity contribution in [2.24, 2.45) is 5.92 Å². The number of nitrogens with one attached hydrogen (secondary N) is 1. The lowest BCUT2D eigenvalue weighted by Gasteiger charge is -2.50. The van der Waals surface area contributed by atoms with Crippen LogP contribution >= 0.6 is 11.3 Å². The first-order valence-electron chi connectivity index (χ1n) is 16.0. The van der Waals surface area contributed by atoms with Crippen LogP contribution in [0.4, 0.5) is 0 Å². The Bertz CT molecular complexity index is 1520. The van der Waals surface area contributed by atoms with Gasteiger partial charge in [-0.1, -0.05) is 49.6 Å². The van der Waals surface area contributed by atoms with Crippen molar-refractivity contribution < 1.29 is 29.3 Å². The number of ether oxygens (including phenoxy) is 1. The maximum atomic E-state index is 13.2. The maximum absolute atomic E-state index is 13.2. The van der Waals surface area contributed by atoms with E-state index in [0.717, 1.165) is 54.5 Å². The van der Waals surface area contributed by atoms with Crippen molar-refractivity contribution >= 4 is 29.1 Å². The van der Waals surface area contributed by atoms with Gasteiger partial charge in [-0.25, -0.2) is 4.79 Å². The Labute approximate surface area is 269 Å². The molecule has 1 fully saturated rings. The van der Waals surface area contributed by atoms with Crippen LogP contribution in [0, 0.1) is 5.92 Å². The van der Waals surface area contributed by atoms with Crippen molar-refractivity contribution in [2.45, 2.75) is 96.6 Å². The van der Waals surface area contributed by atoms with Gasteiger partial charge in [0.15, 0.2) is 0 Å². The zero-order valence-corrected chi connectivity index (χ0v) is 27.3. The molecule has 2 aliphatic heterocycles. The number of fused-ring (bicyclic) bond motifs is 1. The van der Waals surface area contributed by atoms with Crippen LogP contribution in [-0.2, 0) is 27.2 Å². The van der Waals surface area contributed by atoms with E-state index in [9.17, 15) is 24.6 Å². The monoisotopic (exact) mass is 632 g/mol. The van der Waals surface area contributed by atoms with Crippen molar-refractivity contribution in [3.8, 4) is 11.5 Å². The van der Waals surface area contributed by atoms with Crippen LogP contribution in [0.3, 0.4) is 0 Å². The number of allylic oxidation sites excluding steroid dienone is 3. The third-order valence-corrected chi connectivity index (χ3v) is 10.2. The van der Waals surface area contributed by atoms with Crippen molar-refractivity contribution in [1.82, 2.24) is 10.2 Å². The molecule has 45 heavy (non-hydrogen) atoms. The van der Waals surface area contributed by atoms with Crippen LogP contribution in [-0.4, -0.2) is 51.6 Å². The molecular formula is C36H44N2O6S. The number of carboxylic acids is 1. The van der Waals surface area contributed by atoms with Gasteiger partial charge in [-0.3, -0.25) is 14.5 Å². The van der Waals surface area contributed by atoms with E-state index in [0.29, 0.717) is 29.7 Å². The lowest BCUT2D eigenvalue weighted by atomic mass is 9.73. The Morgan fingerprint density at radius 3 is 2.69 bits per heavy atom. The van der Waals surface area contributed by atoms with Crippen LogP contribution in [0.15, 0.2) is 64.7 Å². The first kappa shape index (κ1) is 32.5. The van der Waals surface area contributed by atoms with Gasteiger partial charge in [0.25, 0.3) is 5.91 Å². The van der Waals surface area contributed by atoms with E-state index in [2.05, 4.69) is 31.8 Å². The fourth-order valence-electron chi connectivity index (χ4n) is 6.99. The molecule has 4 atom stereocenters. The topological polar surface area (TPSA) is 116 Å². The highest BCUT2D eigenvalue weighted by Gasteiger charge is 2.53. The summed E-state index contributed by atoms with van der Waals surface area (Å²) < 4.78 is 6.45. The van der Waals surface area contributed by atoms with Crippen molar-refractivity contribution in [2.75, 3.05) is 6.61 Å². The molecule has 1 aromatic carbocycles. The van der Waals surface area contributed by atoms with Gasteiger partial charge >= 0.3 is 5.97 Å². The Hall–Kier alpha value is -3.85. The molecular weight excluding hydrogens is 588 g/mol. The summed E-state index contributed by atoms with van der Waals surface area (Å²) in [6.07, 6.45) is 9.16. The number of carboxylic acid groups (broad SMARTS) is 1. The van der Waals surface area contributed by atoms with Gasteiger partial charge in [-0.15, -0.1) is 11.3 Å². The molecule has 0 bridgehead atoms. The quantitative estimate of drug-likeness (QED) is 0.129. The summed E-state index contributed by atoms with van der Waals surface area (Å²) in [6, 6.07) is 6.42. The number of thiophene rings is 1. The second kappa shape index (κ2) is 14.1. The van der Waals surface area contributed by atoms with E-state index in [-0.39, 0.29) is 42.2 Å². The molecule has 1 saturated heterocycles. The molecule has 3 aliphatic rings. The SMILES string of the molecule is C=C(C)[C@@H]1CCC(C)=C[C@H]1c1c(O)cc(CCCCC)cc1OCC1=C(C(=O)O)N2C(=O)[C@@H](NC(=O)Cc3cccs3)C2CC1. The van der Waals surface area contributed by atoms with Crippen LogP contribution in [0.25, 0.3) is 0 Å². The molecule has 9 heteroatoms. The predicted molar refractivity (Wildman–Crippen MR) is 175 cm³/mol. The summed E-state index contributed by atoms with van der Waals surface area (Å²) >= 11 is 1.48. The van der Waals surface area contributed by atoms with Gasteiger partial charge in [0.05, 0.1) is 12.5 Å². The standard InChI is InChI=1S/C36H44N2O6S/c1-5-6-7-9-23-17-29(39)32(27-16-22(4)11-13-26(27)21(2)3)30(18-23)44-20-24-12-14-28-33(35(41)38(28)34(24)36(42)43)37-31(40)19-25-10-8-15-45-25/h8,10,15-18,26-28,33,39H,2,5-7,9,11-14,19-20H2,1,3-4H3,(H,37,40)(H,42,43)/t26-,27+,28?,33-/m0/s1. The Morgan fingerprint density at radius 2 is 2.00 bits per heavy atom. The molecule has 240 valence electrons. The summed E-state index contributed by atoms with van der Waals surface area (Å²) in [5.41, 5.74) is 4.41. The molecule has 2 amide bonds. The molecule has 0 spiro atoms. The minimum Gasteiger partial charge on any atom is -0.507 e. The summed E-state index contributed by atoms with van der Waals surface area (Å²) in [4.78, 5) is 40.5. The normalized spacial score (nSPS) is 22.8. The molecule has 2 aromatic rings. The average Bonchev–Trinajstić information content (AvgIpc) is 3.51. The third kappa shape index (κ3) is 7.03. The zero-order chi connectivity index (χ0) is 32.2. The number of hydrogen-bond acceptors (Lipinski definition) is 6. The van der Waals surface area contributed by atoms with Crippen molar-refractivity contribution in [3.05, 3.63) is 80.7 Å². The van der Waals surface area contributed by atoms with Gasteiger partial charge in [-0.05, 0) is 93.0 Å². The number of aromatic hydroxyl groups is 1. The van der Waals surface area contributed by atoms with E-state index < -0.39 is 24.0 Å². The van der Waals surface area contributed by atoms with Gasteiger partial charge < -0.3 is 20.3 Å². The number of phenolic OH excluding ortho intramolecular Hbond substituents is 1. The van der Waals surface area contributed by atoms with Gasteiger partial charge in [0, 0.05) is 16.4 Å². The Balaban J connectivity index is 1.40. The highest BCUT2D eigenvalue weighted by Crippen LogP contribution is 2.47. The van der Waals surface area contributed by atoms with E-state index in [1.54, 1.807) is 0 Å². The van der Waals surface area contributed by atoms with Crippen molar-refractivity contribution in [3.63, 3.8) is 0 Å². The third-order valence-electron chi connectivity index (χ3n) is 9.34.